The monoisotopic (exact) mass is 374 g/mol. The van der Waals surface area contributed by atoms with Crippen molar-refractivity contribution in [1.29, 1.82) is 0 Å². The van der Waals surface area contributed by atoms with Crippen LogP contribution in [0.15, 0.2) is 53.0 Å². The number of amides is 2. The second-order valence-corrected chi connectivity index (χ2v) is 6.23. The van der Waals surface area contributed by atoms with E-state index >= 15 is 0 Å². The van der Waals surface area contributed by atoms with Gasteiger partial charge in [-0.1, -0.05) is 39.7 Å². The standard InChI is InChI=1S/C18H19BrN2O2/c1-13-6-8-17(9-7-13)21(14(2)22)11-10-18(23)20-16-5-3-4-15(19)12-16/h3-9,12H,10-11H2,1-2H3,(H,20,23). The summed E-state index contributed by atoms with van der Waals surface area (Å²) in [5.74, 6) is -0.203. The van der Waals surface area contributed by atoms with E-state index in [0.29, 0.717) is 6.54 Å². The third kappa shape index (κ3) is 5.21. The number of hydrogen-bond donors (Lipinski definition) is 1. The van der Waals surface area contributed by atoms with Crippen LogP contribution in [0.4, 0.5) is 11.4 Å². The molecule has 0 radical (unpaired) electrons. The molecule has 0 atom stereocenters. The van der Waals surface area contributed by atoms with Crippen molar-refractivity contribution in [2.24, 2.45) is 0 Å². The zero-order chi connectivity index (χ0) is 16.8. The summed E-state index contributed by atoms with van der Waals surface area (Å²) in [6, 6.07) is 15.1. The van der Waals surface area contributed by atoms with Crippen LogP contribution in [0.3, 0.4) is 0 Å². The summed E-state index contributed by atoms with van der Waals surface area (Å²) < 4.78 is 0.903. The highest BCUT2D eigenvalue weighted by atomic mass is 79.9. The average Bonchev–Trinajstić information content (AvgIpc) is 2.49. The van der Waals surface area contributed by atoms with E-state index in [-0.39, 0.29) is 18.2 Å². The minimum Gasteiger partial charge on any atom is -0.326 e. The highest BCUT2D eigenvalue weighted by Crippen LogP contribution is 2.17. The maximum absolute atomic E-state index is 12.1. The van der Waals surface area contributed by atoms with Crippen LogP contribution < -0.4 is 10.2 Å². The molecular formula is C18H19BrN2O2. The molecule has 0 unspecified atom stereocenters. The SMILES string of the molecule is CC(=O)N(CCC(=O)Nc1cccc(Br)c1)c1ccc(C)cc1. The Labute approximate surface area is 144 Å². The van der Waals surface area contributed by atoms with Gasteiger partial charge in [0.25, 0.3) is 0 Å². The molecule has 120 valence electrons. The van der Waals surface area contributed by atoms with E-state index in [4.69, 9.17) is 0 Å². The largest absolute Gasteiger partial charge is 0.326 e. The normalized spacial score (nSPS) is 10.2. The summed E-state index contributed by atoms with van der Waals surface area (Å²) in [4.78, 5) is 25.5. The van der Waals surface area contributed by atoms with Gasteiger partial charge in [-0.15, -0.1) is 0 Å². The molecule has 0 bridgehead atoms. The van der Waals surface area contributed by atoms with Crippen LogP contribution in [0.25, 0.3) is 0 Å². The van der Waals surface area contributed by atoms with Gasteiger partial charge in [-0.2, -0.15) is 0 Å². The van der Waals surface area contributed by atoms with Gasteiger partial charge >= 0.3 is 0 Å². The number of carbonyl (C=O) groups is 2. The summed E-state index contributed by atoms with van der Waals surface area (Å²) in [6.07, 6.45) is 0.236. The maximum atomic E-state index is 12.1. The van der Waals surface area contributed by atoms with E-state index in [1.165, 1.54) is 6.92 Å². The van der Waals surface area contributed by atoms with Gasteiger partial charge < -0.3 is 10.2 Å². The second kappa shape index (κ2) is 7.92. The van der Waals surface area contributed by atoms with Crippen molar-refractivity contribution in [2.75, 3.05) is 16.8 Å². The summed E-state index contributed by atoms with van der Waals surface area (Å²) in [7, 11) is 0. The summed E-state index contributed by atoms with van der Waals surface area (Å²) in [5.41, 5.74) is 2.66. The zero-order valence-electron chi connectivity index (χ0n) is 13.2. The van der Waals surface area contributed by atoms with Crippen LogP contribution >= 0.6 is 15.9 Å². The molecule has 5 heteroatoms. The lowest BCUT2D eigenvalue weighted by Gasteiger charge is -2.21. The number of aryl methyl sites for hydroxylation is 1. The molecule has 0 spiro atoms. The van der Waals surface area contributed by atoms with Crippen molar-refractivity contribution in [1.82, 2.24) is 0 Å². The van der Waals surface area contributed by atoms with E-state index in [0.717, 1.165) is 21.4 Å². The van der Waals surface area contributed by atoms with Gasteiger partial charge in [-0.25, -0.2) is 0 Å². The van der Waals surface area contributed by atoms with Crippen molar-refractivity contribution in [2.45, 2.75) is 20.3 Å². The first kappa shape index (κ1) is 17.2. The first-order valence-electron chi connectivity index (χ1n) is 7.36. The lowest BCUT2D eigenvalue weighted by Crippen LogP contribution is -2.31. The molecule has 1 N–H and O–H groups in total. The van der Waals surface area contributed by atoms with Gasteiger partial charge in [-0.3, -0.25) is 9.59 Å². The van der Waals surface area contributed by atoms with E-state index in [2.05, 4.69) is 21.2 Å². The molecular weight excluding hydrogens is 356 g/mol. The van der Waals surface area contributed by atoms with Crippen LogP contribution in [0, 0.1) is 6.92 Å². The Morgan fingerprint density at radius 2 is 1.83 bits per heavy atom. The Hall–Kier alpha value is -2.14. The second-order valence-electron chi connectivity index (χ2n) is 5.31. The number of benzene rings is 2. The van der Waals surface area contributed by atoms with Gasteiger partial charge in [0.1, 0.15) is 0 Å². The van der Waals surface area contributed by atoms with Crippen molar-refractivity contribution in [3.8, 4) is 0 Å². The number of rotatable bonds is 5. The van der Waals surface area contributed by atoms with E-state index in [1.807, 2.05) is 55.5 Å². The molecule has 0 aromatic heterocycles. The van der Waals surface area contributed by atoms with Gasteiger partial charge in [-0.05, 0) is 37.3 Å². The Morgan fingerprint density at radius 3 is 2.43 bits per heavy atom. The summed E-state index contributed by atoms with van der Waals surface area (Å²) >= 11 is 3.37. The van der Waals surface area contributed by atoms with Gasteiger partial charge in [0.15, 0.2) is 0 Å². The van der Waals surface area contributed by atoms with Crippen molar-refractivity contribution in [3.05, 3.63) is 58.6 Å². The molecule has 4 nitrogen and oxygen atoms in total. The molecule has 0 saturated heterocycles. The quantitative estimate of drug-likeness (QED) is 0.854. The third-order valence-electron chi connectivity index (χ3n) is 3.40. The topological polar surface area (TPSA) is 49.4 Å². The summed E-state index contributed by atoms with van der Waals surface area (Å²) in [5, 5.41) is 2.83. The number of nitrogens with one attached hydrogen (secondary N) is 1. The molecule has 0 aliphatic rings. The molecule has 2 aromatic rings. The van der Waals surface area contributed by atoms with Crippen LogP contribution in [-0.4, -0.2) is 18.4 Å². The predicted molar refractivity (Wildman–Crippen MR) is 96.6 cm³/mol. The predicted octanol–water partition coefficient (Wildman–Crippen LogP) is 4.14. The minimum atomic E-state index is -0.124. The summed E-state index contributed by atoms with van der Waals surface area (Å²) in [6.45, 7) is 3.84. The number of hydrogen-bond acceptors (Lipinski definition) is 2. The van der Waals surface area contributed by atoms with Gasteiger partial charge in [0, 0.05) is 35.7 Å². The molecule has 2 rings (SSSR count). The van der Waals surface area contributed by atoms with Crippen molar-refractivity contribution < 1.29 is 9.59 Å². The molecule has 0 aliphatic carbocycles. The number of halogens is 1. The number of nitrogens with zero attached hydrogens (tertiary/aromatic N) is 1. The fourth-order valence-electron chi connectivity index (χ4n) is 2.20. The van der Waals surface area contributed by atoms with Crippen molar-refractivity contribution in [3.63, 3.8) is 0 Å². The van der Waals surface area contributed by atoms with Crippen molar-refractivity contribution >= 4 is 39.1 Å². The molecule has 0 saturated carbocycles. The van der Waals surface area contributed by atoms with E-state index in [1.54, 1.807) is 4.90 Å². The Bertz CT molecular complexity index is 698. The van der Waals surface area contributed by atoms with E-state index in [9.17, 15) is 9.59 Å². The lowest BCUT2D eigenvalue weighted by atomic mass is 10.2. The number of anilines is 2. The average molecular weight is 375 g/mol. The van der Waals surface area contributed by atoms with Gasteiger partial charge in [0.2, 0.25) is 11.8 Å². The van der Waals surface area contributed by atoms with E-state index < -0.39 is 0 Å². The molecule has 0 heterocycles. The third-order valence-corrected chi connectivity index (χ3v) is 3.89. The Kier molecular flexibility index (Phi) is 5.93. The first-order valence-corrected chi connectivity index (χ1v) is 8.15. The highest BCUT2D eigenvalue weighted by Gasteiger charge is 2.13. The molecule has 2 aromatic carbocycles. The van der Waals surface area contributed by atoms with Crippen LogP contribution in [0.5, 0.6) is 0 Å². The Balaban J connectivity index is 1.97. The van der Waals surface area contributed by atoms with Gasteiger partial charge in [0.05, 0.1) is 0 Å². The first-order chi connectivity index (χ1) is 11.0. The minimum absolute atomic E-state index is 0.0795. The Morgan fingerprint density at radius 1 is 1.13 bits per heavy atom. The fraction of sp³-hybridized carbons (Fsp3) is 0.222. The lowest BCUT2D eigenvalue weighted by molar-refractivity contribution is -0.117. The maximum Gasteiger partial charge on any atom is 0.226 e. The highest BCUT2D eigenvalue weighted by molar-refractivity contribution is 9.10. The van der Waals surface area contributed by atoms with Crippen LogP contribution in [0.1, 0.15) is 18.9 Å². The molecule has 23 heavy (non-hydrogen) atoms. The number of carbonyl (C=O) groups excluding carboxylic acids is 2. The van der Waals surface area contributed by atoms with Crippen LogP contribution in [-0.2, 0) is 9.59 Å². The van der Waals surface area contributed by atoms with Crippen LogP contribution in [0.2, 0.25) is 0 Å². The molecule has 2 amide bonds. The smallest absolute Gasteiger partial charge is 0.226 e. The molecule has 0 aliphatic heterocycles. The molecule has 0 fully saturated rings. The fourth-order valence-corrected chi connectivity index (χ4v) is 2.60. The zero-order valence-corrected chi connectivity index (χ0v) is 14.8.